The summed E-state index contributed by atoms with van der Waals surface area (Å²) in [6.45, 7) is 12.3. The number of fused-ring (bicyclic) bond motifs is 1. The quantitative estimate of drug-likeness (QED) is 0.446. The second-order valence-electron chi connectivity index (χ2n) is 12.7. The maximum atomic E-state index is 14.2. The fourth-order valence-corrected chi connectivity index (χ4v) is 6.53. The fraction of sp³-hybridized carbons (Fsp3) is 0.576. The Bertz CT molecular complexity index is 1420. The van der Waals surface area contributed by atoms with Crippen LogP contribution >= 0.6 is 0 Å². The third-order valence-electron chi connectivity index (χ3n) is 9.22. The number of aromatic nitrogens is 1. The van der Waals surface area contributed by atoms with Crippen molar-refractivity contribution in [2.24, 2.45) is 0 Å². The number of rotatable bonds is 8. The molecule has 5 atom stereocenters. The number of nitrogens with one attached hydrogen (secondary N) is 1. The number of nitrogens with zero attached hydrogens (tertiary/aromatic N) is 5. The van der Waals surface area contributed by atoms with Crippen molar-refractivity contribution in [1.82, 2.24) is 19.7 Å². The van der Waals surface area contributed by atoms with E-state index in [9.17, 15) is 23.9 Å². The van der Waals surface area contributed by atoms with Gasteiger partial charge in [0.25, 0.3) is 0 Å². The molecule has 3 aliphatic heterocycles. The highest BCUT2D eigenvalue weighted by molar-refractivity contribution is 5.91. The van der Waals surface area contributed by atoms with E-state index >= 15 is 0 Å². The molecule has 46 heavy (non-hydrogen) atoms. The summed E-state index contributed by atoms with van der Waals surface area (Å²) in [7, 11) is 0. The first-order valence-electron chi connectivity index (χ1n) is 16.0. The van der Waals surface area contributed by atoms with E-state index in [-0.39, 0.29) is 73.9 Å². The zero-order chi connectivity index (χ0) is 33.1. The number of carboxylic acid groups (broad SMARTS) is 1. The molecule has 13 heteroatoms. The molecule has 12 nitrogen and oxygen atoms in total. The Balaban J connectivity index is 1.44. The van der Waals surface area contributed by atoms with Crippen LogP contribution < -0.4 is 15.0 Å². The van der Waals surface area contributed by atoms with Crippen LogP contribution in [0.5, 0.6) is 5.88 Å². The van der Waals surface area contributed by atoms with Crippen LogP contribution in [-0.4, -0.2) is 119 Å². The smallest absolute Gasteiger partial charge is 0.407 e. The van der Waals surface area contributed by atoms with E-state index in [1.54, 1.807) is 19.1 Å². The highest BCUT2D eigenvalue weighted by Crippen LogP contribution is 2.37. The zero-order valence-electron chi connectivity index (χ0n) is 27.2. The molecule has 0 aliphatic carbocycles. The normalized spacial score (nSPS) is 25.1. The second-order valence-corrected chi connectivity index (χ2v) is 12.7. The first-order chi connectivity index (χ1) is 21.9. The molecule has 0 radical (unpaired) electrons. The first kappa shape index (κ1) is 33.4. The minimum atomic E-state index is -0.992. The standard InChI is InChI=1S/C33H45FN6O6/c1-6-29(41)35-31-25(11-24-7-9-26(34)10-8-24)12-28-32(36-31)46-19-23(5)38(28)16-30(42)40-13-20(2)39(33(43)44)15-27(40)14-37-21(3)17-45-18-22(37)4/h7-10,12,20-23,27H,6,11,13-19H2,1-5H3,(H,43,44)(H,35,36,41)/t20-,21-,22-,23?,27+/m1/s1. The molecule has 3 amide bonds. The van der Waals surface area contributed by atoms with Crippen LogP contribution in [0.15, 0.2) is 30.3 Å². The topological polar surface area (TPSA) is 128 Å². The van der Waals surface area contributed by atoms with Crippen LogP contribution in [-0.2, 0) is 20.7 Å². The van der Waals surface area contributed by atoms with Gasteiger partial charge in [0.1, 0.15) is 23.9 Å². The number of pyridine rings is 1. The Morgan fingerprint density at radius 1 is 0.978 bits per heavy atom. The van der Waals surface area contributed by atoms with Gasteiger partial charge in [0.2, 0.25) is 17.7 Å². The SMILES string of the molecule is CCC(=O)Nc1nc2c(cc1Cc1ccc(F)cc1)N(CC(=O)N1C[C@@H](C)N(C(=O)O)C[C@@H]1CN1[C@H](C)COC[C@H]1C)C(C)CO2. The van der Waals surface area contributed by atoms with Crippen molar-refractivity contribution in [3.63, 3.8) is 0 Å². The summed E-state index contributed by atoms with van der Waals surface area (Å²) in [4.78, 5) is 51.0. The van der Waals surface area contributed by atoms with Gasteiger partial charge >= 0.3 is 6.09 Å². The first-order valence-corrected chi connectivity index (χ1v) is 16.0. The predicted octanol–water partition coefficient (Wildman–Crippen LogP) is 3.44. The molecule has 1 unspecified atom stereocenters. The molecule has 5 rings (SSSR count). The van der Waals surface area contributed by atoms with Gasteiger partial charge in [-0.3, -0.25) is 14.5 Å². The molecule has 2 saturated heterocycles. The maximum Gasteiger partial charge on any atom is 0.407 e. The summed E-state index contributed by atoms with van der Waals surface area (Å²) in [5.41, 5.74) is 2.17. The molecular formula is C33H45FN6O6. The monoisotopic (exact) mass is 640 g/mol. The molecule has 1 aromatic heterocycles. The van der Waals surface area contributed by atoms with Gasteiger partial charge in [0.15, 0.2) is 0 Å². The average molecular weight is 641 g/mol. The number of anilines is 2. The minimum absolute atomic E-state index is 0.0420. The number of amides is 3. The molecule has 2 fully saturated rings. The van der Waals surface area contributed by atoms with E-state index in [2.05, 4.69) is 29.0 Å². The van der Waals surface area contributed by atoms with Gasteiger partial charge in [0.05, 0.1) is 31.8 Å². The summed E-state index contributed by atoms with van der Waals surface area (Å²) in [5.74, 6) is 0.0280. The van der Waals surface area contributed by atoms with Crippen molar-refractivity contribution in [3.8, 4) is 5.88 Å². The van der Waals surface area contributed by atoms with E-state index < -0.39 is 6.09 Å². The summed E-state index contributed by atoms with van der Waals surface area (Å²) >= 11 is 0. The Labute approximate surface area is 269 Å². The number of morpholine rings is 1. The third kappa shape index (κ3) is 7.36. The lowest BCUT2D eigenvalue weighted by Crippen LogP contribution is -2.65. The maximum absolute atomic E-state index is 14.2. The molecule has 2 N–H and O–H groups in total. The fourth-order valence-electron chi connectivity index (χ4n) is 6.53. The number of halogens is 1. The minimum Gasteiger partial charge on any atom is -0.474 e. The Morgan fingerprint density at radius 3 is 2.33 bits per heavy atom. The molecule has 0 saturated carbocycles. The lowest BCUT2D eigenvalue weighted by atomic mass is 10.0. The lowest BCUT2D eigenvalue weighted by molar-refractivity contribution is -0.138. The zero-order valence-corrected chi connectivity index (χ0v) is 27.2. The van der Waals surface area contributed by atoms with Crippen molar-refractivity contribution in [1.29, 1.82) is 0 Å². The molecule has 250 valence electrons. The highest BCUT2D eigenvalue weighted by Gasteiger charge is 2.40. The highest BCUT2D eigenvalue weighted by atomic mass is 19.1. The predicted molar refractivity (Wildman–Crippen MR) is 171 cm³/mol. The average Bonchev–Trinajstić information content (AvgIpc) is 3.02. The van der Waals surface area contributed by atoms with Crippen LogP contribution in [0, 0.1) is 5.82 Å². The summed E-state index contributed by atoms with van der Waals surface area (Å²) in [6, 6.07) is 7.46. The Morgan fingerprint density at radius 2 is 1.67 bits per heavy atom. The molecule has 1 aromatic carbocycles. The largest absolute Gasteiger partial charge is 0.474 e. The van der Waals surface area contributed by atoms with Gasteiger partial charge < -0.3 is 34.6 Å². The molecule has 0 bridgehead atoms. The van der Waals surface area contributed by atoms with Gasteiger partial charge in [0, 0.05) is 56.2 Å². The summed E-state index contributed by atoms with van der Waals surface area (Å²) in [6.07, 6.45) is -0.346. The number of benzene rings is 1. The number of hydrogen-bond acceptors (Lipinski definition) is 8. The summed E-state index contributed by atoms with van der Waals surface area (Å²) < 4.78 is 25.3. The lowest BCUT2D eigenvalue weighted by Gasteiger charge is -2.49. The van der Waals surface area contributed by atoms with E-state index in [0.29, 0.717) is 55.7 Å². The number of hydrogen-bond donors (Lipinski definition) is 2. The van der Waals surface area contributed by atoms with Crippen LogP contribution in [0.2, 0.25) is 0 Å². The van der Waals surface area contributed by atoms with E-state index in [1.165, 1.54) is 17.0 Å². The van der Waals surface area contributed by atoms with Gasteiger partial charge in [-0.05, 0) is 51.5 Å². The van der Waals surface area contributed by atoms with Gasteiger partial charge in [-0.25, -0.2) is 9.18 Å². The second kappa shape index (κ2) is 14.2. The van der Waals surface area contributed by atoms with Crippen LogP contribution in [0.25, 0.3) is 0 Å². The number of carbonyl (C=O) groups excluding carboxylic acids is 2. The summed E-state index contributed by atoms with van der Waals surface area (Å²) in [5, 5.41) is 12.8. The van der Waals surface area contributed by atoms with Gasteiger partial charge in [-0.1, -0.05) is 19.1 Å². The molecule has 3 aliphatic rings. The van der Waals surface area contributed by atoms with Crippen molar-refractivity contribution >= 4 is 29.4 Å². The van der Waals surface area contributed by atoms with Crippen LogP contribution in [0.3, 0.4) is 0 Å². The Kier molecular flexibility index (Phi) is 10.3. The number of ether oxygens (including phenoxy) is 2. The Hall–Kier alpha value is -3.97. The van der Waals surface area contributed by atoms with Gasteiger partial charge in [-0.2, -0.15) is 4.98 Å². The molecule has 2 aromatic rings. The van der Waals surface area contributed by atoms with E-state index in [1.807, 2.05) is 29.7 Å². The molecule has 4 heterocycles. The van der Waals surface area contributed by atoms with Crippen LogP contribution in [0.4, 0.5) is 20.7 Å². The number of piperazine rings is 1. The van der Waals surface area contributed by atoms with Crippen molar-refractivity contribution < 1.29 is 33.4 Å². The van der Waals surface area contributed by atoms with Crippen LogP contribution in [0.1, 0.15) is 52.2 Å². The molecule has 0 spiro atoms. The van der Waals surface area contributed by atoms with E-state index in [0.717, 1.165) is 5.56 Å². The number of carbonyl (C=O) groups is 3. The van der Waals surface area contributed by atoms with Gasteiger partial charge in [-0.15, -0.1) is 0 Å². The third-order valence-corrected chi connectivity index (χ3v) is 9.22. The van der Waals surface area contributed by atoms with Crippen molar-refractivity contribution in [3.05, 3.63) is 47.3 Å². The van der Waals surface area contributed by atoms with Crippen molar-refractivity contribution in [2.45, 2.75) is 77.7 Å². The van der Waals surface area contributed by atoms with Crippen molar-refractivity contribution in [2.75, 3.05) is 56.2 Å². The van der Waals surface area contributed by atoms with E-state index in [4.69, 9.17) is 9.47 Å². The molecular weight excluding hydrogens is 595 g/mol.